The molecule has 4 rings (SSSR count). The number of nitrogens with zero attached hydrogens (tertiary/aromatic N) is 1. The molecule has 1 heterocycles. The van der Waals surface area contributed by atoms with Gasteiger partial charge < -0.3 is 10.1 Å². The Morgan fingerprint density at radius 1 is 0.914 bits per heavy atom. The van der Waals surface area contributed by atoms with Crippen LogP contribution in [0.15, 0.2) is 42.5 Å². The number of urea groups is 1. The Hall–Kier alpha value is -2.49. The summed E-state index contributed by atoms with van der Waals surface area (Å²) >= 11 is 0. The molecule has 4 nitrogen and oxygen atoms in total. The van der Waals surface area contributed by atoms with Crippen LogP contribution in [-0.2, 0) is 0 Å². The zero-order valence-electron chi connectivity index (χ0n) is 22.0. The highest BCUT2D eigenvalue weighted by Crippen LogP contribution is 2.40. The molecule has 1 fully saturated rings. The van der Waals surface area contributed by atoms with Gasteiger partial charge in [-0.05, 0) is 79.2 Å². The quantitative estimate of drug-likeness (QED) is 0.370. The second-order valence-corrected chi connectivity index (χ2v) is 10.5. The largest absolute Gasteiger partial charge is 0.486 e. The molecule has 190 valence electrons. The summed E-state index contributed by atoms with van der Waals surface area (Å²) in [6.45, 7) is 7.97. The lowest BCUT2D eigenvalue weighted by atomic mass is 9.77. The minimum Gasteiger partial charge on any atom is -0.486 e. The molecule has 1 saturated carbocycles. The van der Waals surface area contributed by atoms with E-state index in [2.05, 4.69) is 62.5 Å². The van der Waals surface area contributed by atoms with Gasteiger partial charge in [-0.15, -0.1) is 0 Å². The van der Waals surface area contributed by atoms with Gasteiger partial charge in [0, 0.05) is 6.54 Å². The van der Waals surface area contributed by atoms with Crippen LogP contribution >= 0.6 is 0 Å². The zero-order valence-corrected chi connectivity index (χ0v) is 22.0. The first kappa shape index (κ1) is 25.6. The van der Waals surface area contributed by atoms with Crippen molar-refractivity contribution >= 4 is 11.7 Å². The SMILES string of the molecule is CCCCCCNC(=O)N1CC(CC)Oc2cc(-c3ccc(C4CCC(CC)CC4)cc3)ccc21. The van der Waals surface area contributed by atoms with Gasteiger partial charge in [-0.1, -0.05) is 76.8 Å². The van der Waals surface area contributed by atoms with Crippen molar-refractivity contribution in [1.29, 1.82) is 0 Å². The molecule has 0 aromatic heterocycles. The minimum atomic E-state index is -0.0144. The predicted molar refractivity (Wildman–Crippen MR) is 146 cm³/mol. The van der Waals surface area contributed by atoms with Gasteiger partial charge in [0.2, 0.25) is 0 Å². The summed E-state index contributed by atoms with van der Waals surface area (Å²) in [6.07, 6.45) is 12.2. The van der Waals surface area contributed by atoms with Crippen LogP contribution in [0.1, 0.15) is 96.5 Å². The van der Waals surface area contributed by atoms with Crippen molar-refractivity contribution in [2.24, 2.45) is 5.92 Å². The molecule has 2 aromatic rings. The van der Waals surface area contributed by atoms with E-state index in [0.29, 0.717) is 12.5 Å². The van der Waals surface area contributed by atoms with Crippen LogP contribution in [0, 0.1) is 5.92 Å². The second kappa shape index (κ2) is 12.5. The van der Waals surface area contributed by atoms with E-state index in [9.17, 15) is 4.79 Å². The van der Waals surface area contributed by atoms with Crippen molar-refractivity contribution in [2.45, 2.75) is 97.0 Å². The maximum Gasteiger partial charge on any atom is 0.322 e. The van der Waals surface area contributed by atoms with Gasteiger partial charge >= 0.3 is 6.03 Å². The van der Waals surface area contributed by atoms with Crippen molar-refractivity contribution in [2.75, 3.05) is 18.0 Å². The third-order valence-corrected chi connectivity index (χ3v) is 8.08. The number of amides is 2. The number of benzene rings is 2. The Kier molecular flexibility index (Phi) is 9.12. The fourth-order valence-electron chi connectivity index (χ4n) is 5.63. The summed E-state index contributed by atoms with van der Waals surface area (Å²) in [5.74, 6) is 2.44. The number of carbonyl (C=O) groups excluding carboxylic acids is 1. The Bertz CT molecular complexity index is 947. The van der Waals surface area contributed by atoms with E-state index in [1.54, 1.807) is 0 Å². The third kappa shape index (κ3) is 6.39. The summed E-state index contributed by atoms with van der Waals surface area (Å²) in [5, 5.41) is 3.12. The van der Waals surface area contributed by atoms with Gasteiger partial charge in [0.25, 0.3) is 0 Å². The average molecular weight is 477 g/mol. The van der Waals surface area contributed by atoms with Crippen molar-refractivity contribution in [1.82, 2.24) is 5.32 Å². The topological polar surface area (TPSA) is 41.6 Å². The number of fused-ring (bicyclic) bond motifs is 1. The predicted octanol–water partition coefficient (Wildman–Crippen LogP) is 8.30. The van der Waals surface area contributed by atoms with Gasteiger partial charge in [-0.2, -0.15) is 0 Å². The maximum absolute atomic E-state index is 13.0. The molecule has 2 aliphatic rings. The van der Waals surface area contributed by atoms with Crippen molar-refractivity contribution < 1.29 is 9.53 Å². The molecule has 2 amide bonds. The van der Waals surface area contributed by atoms with Crippen LogP contribution in [-0.4, -0.2) is 25.2 Å². The summed E-state index contributed by atoms with van der Waals surface area (Å²) < 4.78 is 6.30. The molecule has 1 N–H and O–H groups in total. The number of unbranched alkanes of at least 4 members (excludes halogenated alkanes) is 3. The van der Waals surface area contributed by atoms with Gasteiger partial charge in [-0.25, -0.2) is 4.79 Å². The number of ether oxygens (including phenoxy) is 1. The number of nitrogens with one attached hydrogen (secondary N) is 1. The number of hydrogen-bond acceptors (Lipinski definition) is 2. The summed E-state index contributed by atoms with van der Waals surface area (Å²) in [4.78, 5) is 14.9. The van der Waals surface area contributed by atoms with Gasteiger partial charge in [-0.3, -0.25) is 4.90 Å². The average Bonchev–Trinajstić information content (AvgIpc) is 2.92. The van der Waals surface area contributed by atoms with E-state index in [0.717, 1.165) is 48.7 Å². The third-order valence-electron chi connectivity index (χ3n) is 8.08. The van der Waals surface area contributed by atoms with E-state index in [-0.39, 0.29) is 12.1 Å². The molecular formula is C31H44N2O2. The Labute approximate surface area is 212 Å². The summed E-state index contributed by atoms with van der Waals surface area (Å²) in [5.41, 5.74) is 4.69. The number of anilines is 1. The number of hydrogen-bond donors (Lipinski definition) is 1. The fraction of sp³-hybridized carbons (Fsp3) is 0.581. The highest BCUT2D eigenvalue weighted by Gasteiger charge is 2.29. The molecule has 35 heavy (non-hydrogen) atoms. The number of rotatable bonds is 9. The van der Waals surface area contributed by atoms with Crippen LogP contribution < -0.4 is 15.0 Å². The molecule has 4 heteroatoms. The Morgan fingerprint density at radius 2 is 1.66 bits per heavy atom. The lowest BCUT2D eigenvalue weighted by Gasteiger charge is -2.35. The van der Waals surface area contributed by atoms with Gasteiger partial charge in [0.05, 0.1) is 12.2 Å². The van der Waals surface area contributed by atoms with Crippen LogP contribution in [0.2, 0.25) is 0 Å². The van der Waals surface area contributed by atoms with Crippen LogP contribution in [0.5, 0.6) is 5.75 Å². The summed E-state index contributed by atoms with van der Waals surface area (Å²) in [7, 11) is 0. The molecule has 1 aliphatic heterocycles. The summed E-state index contributed by atoms with van der Waals surface area (Å²) in [6, 6.07) is 15.4. The van der Waals surface area contributed by atoms with Crippen molar-refractivity contribution in [3.05, 3.63) is 48.0 Å². The lowest BCUT2D eigenvalue weighted by Crippen LogP contribution is -2.48. The fourth-order valence-corrected chi connectivity index (χ4v) is 5.63. The van der Waals surface area contributed by atoms with Crippen LogP contribution in [0.3, 0.4) is 0 Å². The monoisotopic (exact) mass is 476 g/mol. The Morgan fingerprint density at radius 3 is 2.34 bits per heavy atom. The molecule has 1 aliphatic carbocycles. The zero-order chi connectivity index (χ0) is 24.6. The van der Waals surface area contributed by atoms with E-state index in [1.165, 1.54) is 56.1 Å². The molecule has 0 saturated heterocycles. The highest BCUT2D eigenvalue weighted by atomic mass is 16.5. The molecule has 1 unspecified atom stereocenters. The first-order valence-corrected chi connectivity index (χ1v) is 14.1. The first-order chi connectivity index (χ1) is 17.1. The van der Waals surface area contributed by atoms with E-state index < -0.39 is 0 Å². The minimum absolute atomic E-state index is 0.0144. The molecular weight excluding hydrogens is 432 g/mol. The normalized spacial score (nSPS) is 21.8. The van der Waals surface area contributed by atoms with Gasteiger partial charge in [0.1, 0.15) is 11.9 Å². The van der Waals surface area contributed by atoms with E-state index >= 15 is 0 Å². The molecule has 2 aromatic carbocycles. The molecule has 1 atom stereocenters. The van der Waals surface area contributed by atoms with Crippen molar-refractivity contribution in [3.8, 4) is 16.9 Å². The molecule has 0 spiro atoms. The van der Waals surface area contributed by atoms with E-state index in [4.69, 9.17) is 4.74 Å². The maximum atomic E-state index is 13.0. The first-order valence-electron chi connectivity index (χ1n) is 14.1. The highest BCUT2D eigenvalue weighted by molar-refractivity contribution is 5.94. The number of carbonyl (C=O) groups is 1. The van der Waals surface area contributed by atoms with Crippen LogP contribution in [0.4, 0.5) is 10.5 Å². The lowest BCUT2D eigenvalue weighted by molar-refractivity contribution is 0.186. The van der Waals surface area contributed by atoms with Gasteiger partial charge in [0.15, 0.2) is 0 Å². The van der Waals surface area contributed by atoms with E-state index in [1.807, 2.05) is 11.0 Å². The smallest absolute Gasteiger partial charge is 0.322 e. The van der Waals surface area contributed by atoms with Crippen molar-refractivity contribution in [3.63, 3.8) is 0 Å². The Balaban J connectivity index is 1.45. The standard InChI is InChI=1S/C31H44N2O2/c1-4-7-8-9-20-32-31(34)33-22-28(6-3)35-30-21-27(18-19-29(30)33)26-16-14-25(15-17-26)24-12-10-23(5-2)11-13-24/h14-19,21,23-24,28H,4-13,20,22H2,1-3H3,(H,32,34). The molecule has 0 radical (unpaired) electrons. The van der Waals surface area contributed by atoms with Crippen LogP contribution in [0.25, 0.3) is 11.1 Å². The molecule has 0 bridgehead atoms. The second-order valence-electron chi connectivity index (χ2n) is 10.5.